The lowest BCUT2D eigenvalue weighted by molar-refractivity contribution is -0.143. The second kappa shape index (κ2) is 35.9. The number of aromatic hydroxyl groups is 1. The van der Waals surface area contributed by atoms with Crippen molar-refractivity contribution in [2.45, 2.75) is 125 Å². The second-order valence-electron chi connectivity index (χ2n) is 21.8. The fourth-order valence-corrected chi connectivity index (χ4v) is 9.86. The number of guanidine groups is 2. The number of rotatable bonds is 36. The van der Waals surface area contributed by atoms with E-state index in [1.165, 1.54) is 60.5 Å². The predicted octanol–water partition coefficient (Wildman–Crippen LogP) is -3.56. The third kappa shape index (κ3) is 23.8. The number of hydrogen-bond acceptors (Lipinski definition) is 16. The molecule has 1 aliphatic rings. The Morgan fingerprint density at radius 2 is 1.00 bits per heavy atom. The number of likely N-dealkylation sites (tertiary alicyclic amines) is 1. The van der Waals surface area contributed by atoms with Crippen molar-refractivity contribution < 1.29 is 62.6 Å². The van der Waals surface area contributed by atoms with E-state index in [1.54, 1.807) is 54.6 Å². The molecule has 8 atom stereocenters. The van der Waals surface area contributed by atoms with Crippen LogP contribution in [0.3, 0.4) is 0 Å². The first-order chi connectivity index (χ1) is 43.8. The minimum absolute atomic E-state index is 0.0229. The minimum Gasteiger partial charge on any atom is -0.508 e. The molecule has 1 fully saturated rings. The number of methoxy groups -OCH3 is 1. The lowest BCUT2D eigenvalue weighted by atomic mass is 10.0. The van der Waals surface area contributed by atoms with E-state index in [0.717, 1.165) is 0 Å². The molecule has 5 rings (SSSR count). The third-order valence-electron chi connectivity index (χ3n) is 14.7. The molecule has 0 bridgehead atoms. The molecule has 4 aromatic rings. The van der Waals surface area contributed by atoms with Crippen molar-refractivity contribution in [2.24, 2.45) is 50.1 Å². The molecule has 0 unspecified atom stereocenters. The first-order valence-corrected chi connectivity index (χ1v) is 29.5. The minimum atomic E-state index is -1.86. The highest BCUT2D eigenvalue weighted by Crippen LogP contribution is 2.22. The van der Waals surface area contributed by atoms with Crippen molar-refractivity contribution in [1.29, 1.82) is 0 Å². The van der Waals surface area contributed by atoms with E-state index in [9.17, 15) is 57.8 Å². The molecule has 0 aliphatic carbocycles. The largest absolute Gasteiger partial charge is 0.508 e. The molecule has 0 radical (unpaired) electrons. The molecule has 0 spiro atoms. The highest BCUT2D eigenvalue weighted by atomic mass is 16.5. The Bertz CT molecular complexity index is 3270. The third-order valence-corrected chi connectivity index (χ3v) is 14.7. The number of hydrogen-bond donors (Lipinski definition) is 16. The number of anilines is 1. The number of nitrogens with one attached hydrogen (secondary N) is 7. The Hall–Kier alpha value is -11.0. The zero-order valence-corrected chi connectivity index (χ0v) is 50.8. The normalized spacial score (nSPS) is 14.8. The zero-order chi connectivity index (χ0) is 67.4. The lowest BCUT2D eigenvalue weighted by Crippen LogP contribution is -2.60. The van der Waals surface area contributed by atoms with Crippen LogP contribution in [0.5, 0.6) is 11.5 Å². The fourth-order valence-electron chi connectivity index (χ4n) is 9.86. The van der Waals surface area contributed by atoms with Crippen LogP contribution in [-0.4, -0.2) is 162 Å². The van der Waals surface area contributed by atoms with E-state index in [4.69, 9.17) is 50.6 Å². The summed E-state index contributed by atoms with van der Waals surface area (Å²) >= 11 is 0. The van der Waals surface area contributed by atoms with Gasteiger partial charge < -0.3 is 97.8 Å². The molecule has 31 heteroatoms. The summed E-state index contributed by atoms with van der Waals surface area (Å²) in [6, 6.07) is 15.2. The summed E-state index contributed by atoms with van der Waals surface area (Å²) < 4.78 is 5.28. The molecular formula is C61H82N18O13. The van der Waals surface area contributed by atoms with Gasteiger partial charge >= 0.3 is 0 Å². The van der Waals surface area contributed by atoms with Gasteiger partial charge in [-0.05, 0) is 110 Å². The number of nitrogens with two attached hydrogens (primary N) is 8. The Morgan fingerprint density at radius 1 is 0.533 bits per heavy atom. The molecule has 494 valence electrons. The van der Waals surface area contributed by atoms with Crippen LogP contribution in [0, 0.1) is 0 Å². The summed E-state index contributed by atoms with van der Waals surface area (Å²) in [5, 5.41) is 28.0. The number of phenols is 1. The number of amides is 11. The van der Waals surface area contributed by atoms with Gasteiger partial charge in [0, 0.05) is 56.6 Å². The molecule has 24 N–H and O–H groups in total. The van der Waals surface area contributed by atoms with E-state index in [2.05, 4.69) is 47.2 Å². The Kier molecular flexibility index (Phi) is 28.0. The van der Waals surface area contributed by atoms with Crippen LogP contribution in [0.2, 0.25) is 0 Å². The Labute approximate surface area is 530 Å². The van der Waals surface area contributed by atoms with Crippen molar-refractivity contribution in [3.8, 4) is 11.5 Å². The number of primary amides is 3. The highest BCUT2D eigenvalue weighted by Gasteiger charge is 2.41. The smallest absolute Gasteiger partial charge is 0.251 e. The second-order valence-corrected chi connectivity index (χ2v) is 21.8. The molecule has 31 nitrogen and oxygen atoms in total. The number of nitrogens with zero attached hydrogens (tertiary/aromatic N) is 3. The molecule has 11 amide bonds. The maximum absolute atomic E-state index is 14.8. The van der Waals surface area contributed by atoms with Crippen LogP contribution in [0.1, 0.15) is 84.8 Å². The summed E-state index contributed by atoms with van der Waals surface area (Å²) in [7, 11) is 1.48. The number of phenolic OH excluding ortho intramolecular Hbond substituents is 1. The van der Waals surface area contributed by atoms with E-state index < -0.39 is 133 Å². The standard InChI is InChI=1S/C61H82N18O13/c1-92-40-23-15-36(16-24-40)32-45(76-52(84)37-17-19-38(62)20-18-37)56(88)77-46(31-34-8-3-2-4-9-34)55(87)72-42(25-26-49(63)81)54(86)78-47(33-50(64)82)57(89)74-43(11-6-28-71-61(68)69)59(91)79-29-7-12-48(79)58(90)73-41(10-5-27-70-60(66)67)53(85)75-44(51(65)83)30-35-13-21-39(80)22-14-35/h2-4,8-9,13-24,41-48,80H,5-7,10-12,25-33,62H2,1H3,(H2,63,81)(H2,64,82)(H2,65,83)(H,72,87)(H,73,90)(H,74,89)(H,75,85)(H,76,84)(H,77,88)(H,78,86)(H4,66,67,70)(H4,68,69,71)/t41-,42-,43-,44-,45+,46-,47-,48-/m0/s1. The summed E-state index contributed by atoms with van der Waals surface area (Å²) in [5.41, 5.74) is 47.1. The average molecular weight is 1280 g/mol. The quantitative estimate of drug-likeness (QED) is 0.00907. The van der Waals surface area contributed by atoms with Crippen molar-refractivity contribution in [3.05, 3.63) is 125 Å². The van der Waals surface area contributed by atoms with Gasteiger partial charge in [0.2, 0.25) is 59.1 Å². The predicted molar refractivity (Wildman–Crippen MR) is 338 cm³/mol. The number of carbonyl (C=O) groups is 11. The van der Waals surface area contributed by atoms with Crippen LogP contribution >= 0.6 is 0 Å². The molecule has 1 aliphatic heterocycles. The number of aliphatic imine (C=N–C) groups is 2. The topological polar surface area (TPSA) is 538 Å². The van der Waals surface area contributed by atoms with E-state index >= 15 is 0 Å². The van der Waals surface area contributed by atoms with Gasteiger partial charge in [0.05, 0.1) is 13.5 Å². The van der Waals surface area contributed by atoms with Crippen LogP contribution in [0.25, 0.3) is 0 Å². The molecule has 1 heterocycles. The Balaban J connectivity index is 1.39. The molecule has 92 heavy (non-hydrogen) atoms. The first-order valence-electron chi connectivity index (χ1n) is 29.5. The fraction of sp³-hybridized carbons (Fsp3) is 0.393. The highest BCUT2D eigenvalue weighted by molar-refractivity contribution is 6.01. The monoisotopic (exact) mass is 1270 g/mol. The number of benzene rings is 4. The summed E-state index contributed by atoms with van der Waals surface area (Å²) in [4.78, 5) is 161. The van der Waals surface area contributed by atoms with Gasteiger partial charge in [0.15, 0.2) is 11.9 Å². The van der Waals surface area contributed by atoms with Crippen LogP contribution < -0.4 is 87.8 Å². The van der Waals surface area contributed by atoms with Gasteiger partial charge in [0.25, 0.3) is 5.91 Å². The van der Waals surface area contributed by atoms with Gasteiger partial charge in [-0.1, -0.05) is 54.6 Å². The van der Waals surface area contributed by atoms with Gasteiger partial charge in [-0.3, -0.25) is 62.7 Å². The van der Waals surface area contributed by atoms with Gasteiger partial charge in [-0.2, -0.15) is 0 Å². The number of carbonyl (C=O) groups excluding carboxylic acids is 11. The van der Waals surface area contributed by atoms with Crippen molar-refractivity contribution in [2.75, 3.05) is 32.5 Å². The van der Waals surface area contributed by atoms with Gasteiger partial charge in [-0.15, -0.1) is 0 Å². The molecular weight excluding hydrogens is 1190 g/mol. The first kappa shape index (κ1) is 71.7. The lowest BCUT2D eigenvalue weighted by Gasteiger charge is -2.31. The summed E-state index contributed by atoms with van der Waals surface area (Å²) in [6.07, 6.45) is -1.86. The molecule has 0 aromatic heterocycles. The van der Waals surface area contributed by atoms with Gasteiger partial charge in [-0.25, -0.2) is 0 Å². The molecule has 4 aromatic carbocycles. The van der Waals surface area contributed by atoms with E-state index in [1.807, 2.05) is 0 Å². The van der Waals surface area contributed by atoms with E-state index in [-0.39, 0.29) is 101 Å². The van der Waals surface area contributed by atoms with Crippen LogP contribution in [-0.2, 0) is 67.2 Å². The average Bonchev–Trinajstić information content (AvgIpc) is 2.07. The molecule has 0 saturated carbocycles. The number of nitrogen functional groups attached to an aromatic ring is 1. The van der Waals surface area contributed by atoms with Gasteiger partial charge in [0.1, 0.15) is 59.8 Å². The maximum Gasteiger partial charge on any atom is 0.251 e. The molecule has 1 saturated heterocycles. The maximum atomic E-state index is 14.8. The number of ether oxygens (including phenoxy) is 1. The van der Waals surface area contributed by atoms with Crippen molar-refractivity contribution in [3.63, 3.8) is 0 Å². The SMILES string of the molecule is COc1ccc(C[C@@H](NC(=O)c2ccc(N)cc2)C(=O)N[C@@H](Cc2ccccc2)C(=O)N[C@@H](CCC(N)=O)C(=O)N[C@@H](CC(N)=O)C(=O)N[C@@H](CCCN=C(N)N)C(=O)N2CCC[C@H]2C(=O)N[C@@H](CCCN=C(N)N)C(=O)N[C@@H](Cc2ccc(O)cc2)C(N)=O)cc1. The summed E-state index contributed by atoms with van der Waals surface area (Å²) in [6.45, 7) is -0.0225. The van der Waals surface area contributed by atoms with Crippen LogP contribution in [0.15, 0.2) is 113 Å². The zero-order valence-electron chi connectivity index (χ0n) is 50.8. The Morgan fingerprint density at radius 3 is 1.54 bits per heavy atom. The summed E-state index contributed by atoms with van der Waals surface area (Å²) in [5.74, 6) is -10.0. The van der Waals surface area contributed by atoms with Crippen molar-refractivity contribution in [1.82, 2.24) is 42.1 Å². The van der Waals surface area contributed by atoms with Crippen molar-refractivity contribution >= 4 is 82.6 Å². The van der Waals surface area contributed by atoms with E-state index in [0.29, 0.717) is 28.1 Å². The van der Waals surface area contributed by atoms with Crippen LogP contribution in [0.4, 0.5) is 5.69 Å².